The minimum absolute atomic E-state index is 0.0946. The quantitative estimate of drug-likeness (QED) is 0.886. The molecular formula is C21H23N3O. The van der Waals surface area contributed by atoms with Crippen molar-refractivity contribution in [3.05, 3.63) is 65.2 Å². The average molecular weight is 333 g/mol. The first-order valence-corrected chi connectivity index (χ1v) is 8.64. The van der Waals surface area contributed by atoms with Gasteiger partial charge in [-0.2, -0.15) is 5.26 Å². The van der Waals surface area contributed by atoms with Crippen molar-refractivity contribution in [2.75, 3.05) is 18.4 Å². The SMILES string of the molecule is Cc1ccc(NC(=O)N2CCC(C#N)(c3ccccc3)CC2)cc1C. The standard InChI is InChI=1S/C21H23N3O/c1-16-8-9-19(14-17(16)2)23-20(25)24-12-10-21(15-22,11-13-24)18-6-4-3-5-7-18/h3-9,14H,10-13H2,1-2H3,(H,23,25). The van der Waals surface area contributed by atoms with E-state index >= 15 is 0 Å². The van der Waals surface area contributed by atoms with Crippen LogP contribution in [0.3, 0.4) is 0 Å². The average Bonchev–Trinajstić information content (AvgIpc) is 2.65. The highest BCUT2D eigenvalue weighted by Gasteiger charge is 2.37. The molecular weight excluding hydrogens is 310 g/mol. The van der Waals surface area contributed by atoms with Gasteiger partial charge in [0.2, 0.25) is 0 Å². The number of piperidine rings is 1. The molecule has 3 rings (SSSR count). The summed E-state index contributed by atoms with van der Waals surface area (Å²) < 4.78 is 0. The molecule has 2 amide bonds. The number of anilines is 1. The molecule has 0 aliphatic carbocycles. The predicted molar refractivity (Wildman–Crippen MR) is 99.5 cm³/mol. The van der Waals surface area contributed by atoms with Crippen LogP contribution in [0.5, 0.6) is 0 Å². The monoisotopic (exact) mass is 333 g/mol. The molecule has 1 saturated heterocycles. The van der Waals surface area contributed by atoms with Crippen molar-refractivity contribution in [3.8, 4) is 6.07 Å². The molecule has 1 aliphatic rings. The van der Waals surface area contributed by atoms with Crippen LogP contribution in [0.15, 0.2) is 48.5 Å². The number of hydrogen-bond acceptors (Lipinski definition) is 2. The van der Waals surface area contributed by atoms with E-state index in [9.17, 15) is 10.1 Å². The van der Waals surface area contributed by atoms with Crippen LogP contribution in [0.25, 0.3) is 0 Å². The predicted octanol–water partition coefficient (Wildman–Crippen LogP) is 4.39. The molecule has 1 aliphatic heterocycles. The molecule has 0 aromatic heterocycles. The summed E-state index contributed by atoms with van der Waals surface area (Å²) >= 11 is 0. The highest BCUT2D eigenvalue weighted by Crippen LogP contribution is 2.35. The summed E-state index contributed by atoms with van der Waals surface area (Å²) in [6, 6.07) is 18.2. The van der Waals surface area contributed by atoms with Gasteiger partial charge in [-0.3, -0.25) is 0 Å². The van der Waals surface area contributed by atoms with E-state index in [0.717, 1.165) is 16.8 Å². The first kappa shape index (κ1) is 17.0. The lowest BCUT2D eigenvalue weighted by molar-refractivity contribution is 0.183. The molecule has 25 heavy (non-hydrogen) atoms. The molecule has 128 valence electrons. The highest BCUT2D eigenvalue weighted by molar-refractivity contribution is 5.89. The topological polar surface area (TPSA) is 56.1 Å². The zero-order valence-corrected chi connectivity index (χ0v) is 14.7. The molecule has 0 saturated carbocycles. The first-order valence-electron chi connectivity index (χ1n) is 8.64. The van der Waals surface area contributed by atoms with Crippen molar-refractivity contribution in [3.63, 3.8) is 0 Å². The lowest BCUT2D eigenvalue weighted by Gasteiger charge is -2.37. The van der Waals surface area contributed by atoms with Crippen molar-refractivity contribution >= 4 is 11.7 Å². The van der Waals surface area contributed by atoms with Gasteiger partial charge in [0.1, 0.15) is 0 Å². The number of nitrogens with zero attached hydrogens (tertiary/aromatic N) is 2. The largest absolute Gasteiger partial charge is 0.324 e. The Morgan fingerprint density at radius 1 is 1.08 bits per heavy atom. The number of nitriles is 1. The third kappa shape index (κ3) is 3.51. The Labute approximate surface area is 149 Å². The minimum atomic E-state index is -0.488. The lowest BCUT2D eigenvalue weighted by atomic mass is 9.74. The number of nitrogens with one attached hydrogen (secondary N) is 1. The molecule has 0 atom stereocenters. The van der Waals surface area contributed by atoms with E-state index in [1.807, 2.05) is 55.5 Å². The summed E-state index contributed by atoms with van der Waals surface area (Å²) in [5.41, 5.74) is 3.74. The fraction of sp³-hybridized carbons (Fsp3) is 0.333. The normalized spacial score (nSPS) is 16.1. The Bertz CT molecular complexity index is 800. The lowest BCUT2D eigenvalue weighted by Crippen LogP contribution is -2.46. The Kier molecular flexibility index (Phi) is 4.76. The number of carbonyl (C=O) groups excluding carboxylic acids is 1. The second-order valence-electron chi connectivity index (χ2n) is 6.78. The third-order valence-corrected chi connectivity index (χ3v) is 5.20. The summed E-state index contributed by atoms with van der Waals surface area (Å²) in [6.45, 7) is 5.25. The second kappa shape index (κ2) is 6.98. The summed E-state index contributed by atoms with van der Waals surface area (Å²) in [6.07, 6.45) is 1.32. The van der Waals surface area contributed by atoms with Gasteiger partial charge < -0.3 is 10.2 Å². The van der Waals surface area contributed by atoms with Crippen molar-refractivity contribution in [2.24, 2.45) is 0 Å². The number of carbonyl (C=O) groups is 1. The Morgan fingerprint density at radius 3 is 2.36 bits per heavy atom. The van der Waals surface area contributed by atoms with E-state index in [2.05, 4.69) is 18.3 Å². The van der Waals surface area contributed by atoms with Gasteiger partial charge in [0.15, 0.2) is 0 Å². The van der Waals surface area contributed by atoms with Crippen LogP contribution in [0.4, 0.5) is 10.5 Å². The van der Waals surface area contributed by atoms with E-state index in [4.69, 9.17) is 0 Å². The molecule has 4 nitrogen and oxygen atoms in total. The Balaban J connectivity index is 1.66. The maximum Gasteiger partial charge on any atom is 0.321 e. The maximum atomic E-state index is 12.5. The second-order valence-corrected chi connectivity index (χ2v) is 6.78. The van der Waals surface area contributed by atoms with Gasteiger partial charge in [0.05, 0.1) is 11.5 Å². The van der Waals surface area contributed by atoms with Crippen LogP contribution in [0.1, 0.15) is 29.5 Å². The Morgan fingerprint density at radius 2 is 1.76 bits per heavy atom. The van der Waals surface area contributed by atoms with Crippen molar-refractivity contribution < 1.29 is 4.79 Å². The number of aryl methyl sites for hydroxylation is 2. The maximum absolute atomic E-state index is 12.5. The van der Waals surface area contributed by atoms with Crippen LogP contribution in [0.2, 0.25) is 0 Å². The first-order chi connectivity index (χ1) is 12.0. The summed E-state index contributed by atoms with van der Waals surface area (Å²) in [7, 11) is 0. The van der Waals surface area contributed by atoms with Crippen LogP contribution < -0.4 is 5.32 Å². The fourth-order valence-corrected chi connectivity index (χ4v) is 3.34. The van der Waals surface area contributed by atoms with E-state index in [-0.39, 0.29) is 6.03 Å². The molecule has 0 bridgehead atoms. The minimum Gasteiger partial charge on any atom is -0.324 e. The molecule has 4 heteroatoms. The van der Waals surface area contributed by atoms with E-state index in [1.54, 1.807) is 4.90 Å². The molecule has 2 aromatic rings. The summed E-state index contributed by atoms with van der Waals surface area (Å²) in [5.74, 6) is 0. The van der Waals surface area contributed by atoms with Crippen LogP contribution in [0, 0.1) is 25.2 Å². The smallest absolute Gasteiger partial charge is 0.321 e. The zero-order valence-electron chi connectivity index (χ0n) is 14.7. The molecule has 2 aromatic carbocycles. The van der Waals surface area contributed by atoms with Gasteiger partial charge in [0, 0.05) is 18.8 Å². The summed E-state index contributed by atoms with van der Waals surface area (Å²) in [4.78, 5) is 14.3. The number of likely N-dealkylation sites (tertiary alicyclic amines) is 1. The zero-order chi connectivity index (χ0) is 17.9. The number of urea groups is 1. The van der Waals surface area contributed by atoms with Crippen molar-refractivity contribution in [2.45, 2.75) is 32.1 Å². The van der Waals surface area contributed by atoms with E-state index < -0.39 is 5.41 Å². The number of rotatable bonds is 2. The van der Waals surface area contributed by atoms with Gasteiger partial charge in [-0.05, 0) is 55.5 Å². The number of hydrogen-bond donors (Lipinski definition) is 1. The highest BCUT2D eigenvalue weighted by atomic mass is 16.2. The van der Waals surface area contributed by atoms with Crippen molar-refractivity contribution in [1.82, 2.24) is 4.90 Å². The third-order valence-electron chi connectivity index (χ3n) is 5.20. The van der Waals surface area contributed by atoms with Crippen LogP contribution in [-0.4, -0.2) is 24.0 Å². The van der Waals surface area contributed by atoms with Gasteiger partial charge in [0.25, 0.3) is 0 Å². The molecule has 1 heterocycles. The molecule has 0 radical (unpaired) electrons. The Hall–Kier alpha value is -2.80. The number of amides is 2. The van der Waals surface area contributed by atoms with Crippen LogP contribution >= 0.6 is 0 Å². The fourth-order valence-electron chi connectivity index (χ4n) is 3.34. The number of benzene rings is 2. The molecule has 0 spiro atoms. The van der Waals surface area contributed by atoms with Crippen molar-refractivity contribution in [1.29, 1.82) is 5.26 Å². The molecule has 1 fully saturated rings. The van der Waals surface area contributed by atoms with E-state index in [1.165, 1.54) is 5.56 Å². The van der Waals surface area contributed by atoms with Crippen LogP contribution in [-0.2, 0) is 5.41 Å². The molecule has 1 N–H and O–H groups in total. The van der Waals surface area contributed by atoms with E-state index in [0.29, 0.717) is 25.9 Å². The van der Waals surface area contributed by atoms with Gasteiger partial charge in [-0.15, -0.1) is 0 Å². The van der Waals surface area contributed by atoms with Gasteiger partial charge in [-0.25, -0.2) is 4.79 Å². The van der Waals surface area contributed by atoms with Gasteiger partial charge in [-0.1, -0.05) is 36.4 Å². The van der Waals surface area contributed by atoms with Gasteiger partial charge >= 0.3 is 6.03 Å². The summed E-state index contributed by atoms with van der Waals surface area (Å²) in [5, 5.41) is 12.7. The molecule has 0 unspecified atom stereocenters.